The Balaban J connectivity index is 1.59. The molecule has 0 saturated heterocycles. The number of nitrogen functional groups attached to an aromatic ring is 1. The Labute approximate surface area is 220 Å². The van der Waals surface area contributed by atoms with Gasteiger partial charge < -0.3 is 20.8 Å². The Morgan fingerprint density at radius 2 is 2.00 bits per heavy atom. The number of aliphatic hydroxyl groups is 2. The maximum Gasteiger partial charge on any atom is 0.256 e. The second-order valence-electron chi connectivity index (χ2n) is 10.9. The van der Waals surface area contributed by atoms with Gasteiger partial charge in [0.15, 0.2) is 11.5 Å². The van der Waals surface area contributed by atoms with Crippen LogP contribution in [0.1, 0.15) is 61.3 Å². The number of aliphatic hydroxyl groups excluding tert-OH is 2. The molecule has 5 rings (SSSR count). The summed E-state index contributed by atoms with van der Waals surface area (Å²) in [5, 5.41) is 27.6. The number of sulfonamides is 1. The van der Waals surface area contributed by atoms with E-state index < -0.39 is 21.8 Å². The van der Waals surface area contributed by atoms with Crippen LogP contribution in [-0.4, -0.2) is 68.5 Å². The molecule has 1 amide bonds. The Bertz CT molecular complexity index is 1530. The molecule has 1 aromatic carbocycles. The van der Waals surface area contributed by atoms with Gasteiger partial charge in [-0.15, -0.1) is 5.10 Å². The van der Waals surface area contributed by atoms with Crippen LogP contribution in [0.5, 0.6) is 0 Å². The molecule has 2 atom stereocenters. The minimum atomic E-state index is -3.67. The fourth-order valence-electron chi connectivity index (χ4n) is 4.94. The molecule has 0 bridgehead atoms. The molecule has 12 nitrogen and oxygen atoms in total. The number of hydrogen-bond acceptors (Lipinski definition) is 9. The highest BCUT2D eigenvalue weighted by molar-refractivity contribution is 7.92. The predicted octanol–water partition coefficient (Wildman–Crippen LogP) is 1.46. The van der Waals surface area contributed by atoms with E-state index in [4.69, 9.17) is 10.7 Å². The molecule has 2 aromatic heterocycles. The number of rotatable bonds is 9. The molecule has 204 valence electrons. The Kier molecular flexibility index (Phi) is 6.37. The van der Waals surface area contributed by atoms with Gasteiger partial charge in [0.25, 0.3) is 5.91 Å². The maximum absolute atomic E-state index is 13.4. The average Bonchev–Trinajstić information content (AvgIpc) is 3.54. The highest BCUT2D eigenvalue weighted by Crippen LogP contribution is 2.41. The van der Waals surface area contributed by atoms with Crippen molar-refractivity contribution in [1.82, 2.24) is 24.8 Å². The number of fused-ring (bicyclic) bond motifs is 2. The van der Waals surface area contributed by atoms with Crippen LogP contribution in [0.4, 0.5) is 11.5 Å². The van der Waals surface area contributed by atoms with Crippen LogP contribution in [0.2, 0.25) is 0 Å². The number of aromatic nitrogens is 3. The number of carbonyl (C=O) groups excluding carboxylic acids is 1. The van der Waals surface area contributed by atoms with Crippen molar-refractivity contribution in [2.24, 2.45) is 5.92 Å². The van der Waals surface area contributed by atoms with Gasteiger partial charge in [0, 0.05) is 29.9 Å². The van der Waals surface area contributed by atoms with E-state index in [9.17, 15) is 23.4 Å². The SMILES string of the molecule is C[C@@H](C1CC1)N1Cc2cc(-c3ccn4nc(N)c(C(O)NC(C)(C)CO)c4n3)cc(NS(C)(=O)=O)c2C1=O. The van der Waals surface area contributed by atoms with Crippen LogP contribution in [0.3, 0.4) is 0 Å². The first kappa shape index (κ1) is 26.4. The van der Waals surface area contributed by atoms with Crippen LogP contribution in [-0.2, 0) is 16.6 Å². The first-order valence-corrected chi connectivity index (χ1v) is 14.3. The summed E-state index contributed by atoms with van der Waals surface area (Å²) in [4.78, 5) is 19.9. The molecular weight excluding hydrogens is 510 g/mol. The smallest absolute Gasteiger partial charge is 0.256 e. The van der Waals surface area contributed by atoms with Crippen molar-refractivity contribution < 1.29 is 23.4 Å². The number of nitrogens with one attached hydrogen (secondary N) is 2. The van der Waals surface area contributed by atoms with Gasteiger partial charge in [-0.3, -0.25) is 14.8 Å². The van der Waals surface area contributed by atoms with E-state index in [1.54, 1.807) is 37.1 Å². The van der Waals surface area contributed by atoms with Gasteiger partial charge in [-0.1, -0.05) is 0 Å². The second kappa shape index (κ2) is 9.19. The van der Waals surface area contributed by atoms with E-state index in [0.29, 0.717) is 40.5 Å². The third-order valence-electron chi connectivity index (χ3n) is 7.17. The number of nitrogens with zero attached hydrogens (tertiary/aromatic N) is 4. The minimum absolute atomic E-state index is 0.0633. The molecule has 1 aliphatic heterocycles. The summed E-state index contributed by atoms with van der Waals surface area (Å²) in [5.41, 5.74) is 8.21. The first-order valence-electron chi connectivity index (χ1n) is 12.5. The summed E-state index contributed by atoms with van der Waals surface area (Å²) in [6.07, 6.45) is 3.60. The third-order valence-corrected chi connectivity index (χ3v) is 7.76. The van der Waals surface area contributed by atoms with E-state index in [0.717, 1.165) is 19.1 Å². The third kappa shape index (κ3) is 4.94. The lowest BCUT2D eigenvalue weighted by Crippen LogP contribution is -2.44. The summed E-state index contributed by atoms with van der Waals surface area (Å²) >= 11 is 0. The van der Waals surface area contributed by atoms with Gasteiger partial charge in [-0.2, -0.15) is 0 Å². The normalized spacial score (nSPS) is 17.6. The Morgan fingerprint density at radius 3 is 2.63 bits per heavy atom. The van der Waals surface area contributed by atoms with E-state index in [-0.39, 0.29) is 35.6 Å². The number of anilines is 2. The van der Waals surface area contributed by atoms with Crippen molar-refractivity contribution in [3.8, 4) is 11.3 Å². The summed E-state index contributed by atoms with van der Waals surface area (Å²) in [5.74, 6) is 0.351. The van der Waals surface area contributed by atoms with Gasteiger partial charge in [0.2, 0.25) is 10.0 Å². The van der Waals surface area contributed by atoms with Gasteiger partial charge in [0.05, 0.1) is 35.4 Å². The zero-order chi connectivity index (χ0) is 27.6. The molecule has 0 radical (unpaired) electrons. The summed E-state index contributed by atoms with van der Waals surface area (Å²) in [7, 11) is -3.67. The number of nitrogens with two attached hydrogens (primary N) is 1. The number of carbonyl (C=O) groups is 1. The highest BCUT2D eigenvalue weighted by Gasteiger charge is 2.40. The maximum atomic E-state index is 13.4. The molecule has 13 heteroatoms. The topological polar surface area (TPSA) is 175 Å². The molecule has 3 aromatic rings. The molecule has 0 spiro atoms. The lowest BCUT2D eigenvalue weighted by molar-refractivity contribution is 0.0698. The molecular formula is C25H33N7O5S. The molecule has 1 fully saturated rings. The second-order valence-corrected chi connectivity index (χ2v) is 12.7. The number of hydrogen-bond donors (Lipinski definition) is 5. The summed E-state index contributed by atoms with van der Waals surface area (Å²) in [6, 6.07) is 5.22. The monoisotopic (exact) mass is 543 g/mol. The average molecular weight is 544 g/mol. The molecule has 1 saturated carbocycles. The predicted molar refractivity (Wildman–Crippen MR) is 143 cm³/mol. The molecule has 2 aliphatic rings. The van der Waals surface area contributed by atoms with Gasteiger partial charge in [-0.25, -0.2) is 17.9 Å². The quantitative estimate of drug-likeness (QED) is 0.250. The van der Waals surface area contributed by atoms with Gasteiger partial charge in [0.1, 0.15) is 6.23 Å². The summed E-state index contributed by atoms with van der Waals surface area (Å²) in [6.45, 7) is 5.65. The number of amides is 1. The van der Waals surface area contributed by atoms with Crippen molar-refractivity contribution in [2.75, 3.05) is 23.3 Å². The van der Waals surface area contributed by atoms with Gasteiger partial charge in [-0.05, 0) is 63.3 Å². The van der Waals surface area contributed by atoms with Crippen molar-refractivity contribution in [3.05, 3.63) is 41.1 Å². The first-order chi connectivity index (χ1) is 17.8. The Hall–Kier alpha value is -3.26. The van der Waals surface area contributed by atoms with Crippen molar-refractivity contribution in [2.45, 2.75) is 58.0 Å². The number of benzene rings is 1. The standard InChI is InChI=1S/C25H33N7O5S/c1-13(14-5-6-14)31-11-16-9-15(10-18(19(16)24(31)35)30-38(4,36)37)17-7-8-32-22(27-17)20(21(26)29-32)23(34)28-25(2,3)12-33/h7-10,13-14,23,28,30,33-34H,5-6,11-12H2,1-4H3,(H2,26,29)/t13-,23?/m0/s1. The van der Waals surface area contributed by atoms with E-state index in [1.807, 2.05) is 13.0 Å². The van der Waals surface area contributed by atoms with Crippen molar-refractivity contribution >= 4 is 33.1 Å². The van der Waals surface area contributed by atoms with E-state index in [2.05, 4.69) is 15.1 Å². The van der Waals surface area contributed by atoms with Crippen molar-refractivity contribution in [1.29, 1.82) is 0 Å². The molecule has 6 N–H and O–H groups in total. The van der Waals surface area contributed by atoms with Crippen LogP contribution in [0.25, 0.3) is 16.9 Å². The zero-order valence-corrected chi connectivity index (χ0v) is 22.6. The summed E-state index contributed by atoms with van der Waals surface area (Å²) < 4.78 is 28.3. The highest BCUT2D eigenvalue weighted by atomic mass is 32.2. The molecule has 1 aliphatic carbocycles. The fourth-order valence-corrected chi connectivity index (χ4v) is 5.50. The molecule has 3 heterocycles. The van der Waals surface area contributed by atoms with Crippen molar-refractivity contribution in [3.63, 3.8) is 0 Å². The van der Waals surface area contributed by atoms with Crippen LogP contribution in [0.15, 0.2) is 24.4 Å². The molecule has 1 unspecified atom stereocenters. The van der Waals surface area contributed by atoms with Gasteiger partial charge >= 0.3 is 0 Å². The van der Waals surface area contributed by atoms with Crippen LogP contribution in [0, 0.1) is 5.92 Å². The fraction of sp³-hybridized carbons (Fsp3) is 0.480. The van der Waals surface area contributed by atoms with Crippen LogP contribution >= 0.6 is 0 Å². The van der Waals surface area contributed by atoms with Crippen LogP contribution < -0.4 is 15.8 Å². The minimum Gasteiger partial charge on any atom is -0.394 e. The van der Waals surface area contributed by atoms with E-state index >= 15 is 0 Å². The Morgan fingerprint density at radius 1 is 1.29 bits per heavy atom. The molecule has 38 heavy (non-hydrogen) atoms. The van der Waals surface area contributed by atoms with E-state index in [1.165, 1.54) is 4.52 Å². The largest absolute Gasteiger partial charge is 0.394 e. The zero-order valence-electron chi connectivity index (χ0n) is 21.8. The lowest BCUT2D eigenvalue weighted by Gasteiger charge is -2.27. The lowest BCUT2D eigenvalue weighted by atomic mass is 10.0.